The summed E-state index contributed by atoms with van der Waals surface area (Å²) in [4.78, 5) is 13.4. The van der Waals surface area contributed by atoms with Gasteiger partial charge in [0.2, 0.25) is 5.95 Å². The zero-order chi connectivity index (χ0) is 64.4. The van der Waals surface area contributed by atoms with Crippen molar-refractivity contribution in [3.8, 4) is 45.5 Å². The van der Waals surface area contributed by atoms with Crippen LogP contribution in [0.4, 0.5) is 0 Å². The smallest absolute Gasteiger partial charge is 0.238 e. The lowest BCUT2D eigenvalue weighted by Gasteiger charge is -2.14. The van der Waals surface area contributed by atoms with E-state index in [1.54, 1.807) is 0 Å². The normalized spacial score (nSPS) is 19.5. The first-order chi connectivity index (χ1) is 41.2. The zero-order valence-electron chi connectivity index (χ0n) is 59.1. The highest BCUT2D eigenvalue weighted by Gasteiger charge is 2.25. The van der Waals surface area contributed by atoms with E-state index in [-0.39, 0.29) is 0 Å². The molecule has 12 rings (SSSR count). The largest absolute Gasteiger partial charge is 0.456 e. The van der Waals surface area contributed by atoms with Crippen LogP contribution in [-0.4, -0.2) is 24.1 Å². The van der Waals surface area contributed by atoms with Crippen molar-refractivity contribution in [2.45, 2.75) is 0 Å². The number of hydrogen-bond acceptors (Lipinski definition) is 4. The van der Waals surface area contributed by atoms with Crippen molar-refractivity contribution in [2.24, 2.45) is 0 Å². The van der Waals surface area contributed by atoms with Crippen LogP contribution in [0.15, 0.2) is 192 Å². The zero-order valence-corrected chi connectivity index (χ0v) is 28.1. The molecule has 0 aliphatic rings. The third kappa shape index (κ3) is 4.74. The van der Waals surface area contributed by atoms with Gasteiger partial charge in [0.05, 0.1) is 75.6 Å². The van der Waals surface area contributed by atoms with Gasteiger partial charge in [-0.3, -0.25) is 4.57 Å². The molecule has 0 atom stereocenters. The maximum Gasteiger partial charge on any atom is 0.238 e. The SMILES string of the molecule is [2H]c1c([2H])c([2H])c(-c2nc(-c3c([2H])c([2H])c([2H])c([2H])c3[2H])nc(-n3c4c([2H])c([2H])c([2H])c([2H])c4c4c([2H])c([2H])c5c6c([2H])c([2H])c([2H])c([2H])c6n(-c6c([2H])c([2H])c([2H])c7oc8c([2H])c([2H])c([2H])c(-c9c([2H])c([2H])c([2H])c([2H])c9[2H])c8c67)c5c43)n2)c([2H])c1[2H]. The number of aromatic nitrogens is 5. The van der Waals surface area contributed by atoms with Gasteiger partial charge in [0.25, 0.3) is 0 Å². The van der Waals surface area contributed by atoms with Crippen LogP contribution in [0.25, 0.3) is 111 Å². The molecule has 12 aromatic rings. The van der Waals surface area contributed by atoms with Crippen molar-refractivity contribution < 1.29 is 46.9 Å². The van der Waals surface area contributed by atoms with Crippen molar-refractivity contribution in [2.75, 3.05) is 0 Å². The van der Waals surface area contributed by atoms with E-state index in [2.05, 4.69) is 15.0 Å². The van der Waals surface area contributed by atoms with Crippen LogP contribution >= 0.6 is 0 Å². The molecule has 0 amide bonds. The van der Waals surface area contributed by atoms with E-state index >= 15 is 0 Å². The predicted octanol–water partition coefficient (Wildman–Crippen LogP) is 13.0. The molecule has 8 aromatic carbocycles. The van der Waals surface area contributed by atoms with Crippen LogP contribution in [0, 0.1) is 0 Å². The van der Waals surface area contributed by atoms with Gasteiger partial charge in [0.15, 0.2) is 11.6 Å². The molecule has 0 saturated heterocycles. The Morgan fingerprint density at radius 2 is 0.877 bits per heavy atom. The van der Waals surface area contributed by atoms with E-state index in [1.165, 1.54) is 0 Å². The summed E-state index contributed by atoms with van der Waals surface area (Å²) in [5, 5.41) is -3.97. The quantitative estimate of drug-likeness (QED) is 0.175. The van der Waals surface area contributed by atoms with Crippen molar-refractivity contribution in [3.05, 3.63) is 187 Å². The molecule has 4 heterocycles. The first kappa shape index (κ1) is 13.7. The van der Waals surface area contributed by atoms with E-state index in [0.717, 1.165) is 9.13 Å². The molecule has 0 fully saturated rings. The Morgan fingerprint density at radius 3 is 1.49 bits per heavy atom. The summed E-state index contributed by atoms with van der Waals surface area (Å²) >= 11 is 0. The molecule has 0 N–H and O–H groups in total. The van der Waals surface area contributed by atoms with Gasteiger partial charge < -0.3 is 8.98 Å². The molecule has 6 heteroatoms. The number of fused-ring (bicyclic) bond motifs is 10. The van der Waals surface area contributed by atoms with Gasteiger partial charge in [-0.15, -0.1) is 0 Å². The fourth-order valence-electron chi connectivity index (χ4n) is 6.87. The summed E-state index contributed by atoms with van der Waals surface area (Å²) in [7, 11) is 0. The Morgan fingerprint density at radius 1 is 0.386 bits per heavy atom. The highest BCUT2D eigenvalue weighted by atomic mass is 16.3. The van der Waals surface area contributed by atoms with Crippen molar-refractivity contribution >= 4 is 65.6 Å². The van der Waals surface area contributed by atoms with Gasteiger partial charge in [-0.2, -0.15) is 9.97 Å². The van der Waals surface area contributed by atoms with Crippen LogP contribution < -0.4 is 0 Å². The fourth-order valence-corrected chi connectivity index (χ4v) is 6.87. The molecule has 0 bridgehead atoms. The number of furan rings is 1. The van der Waals surface area contributed by atoms with E-state index < -0.39 is 298 Å². The Kier molecular flexibility index (Phi) is 2.97. The fraction of sp³-hybridized carbons (Fsp3) is 0. The third-order valence-corrected chi connectivity index (χ3v) is 9.10. The standard InChI is InChI=1S/C51H31N5O/c1-4-16-32(17-5-1)35-24-14-28-43-45(35)46-42(27-15-29-44(46)57-43)55-40-25-12-10-22-36(40)38-30-31-39-37-23-11-13-26-41(37)56(48(39)47(38)55)51-53-49(33-18-6-2-7-19-33)52-50(54-51)34-20-8-3-9-21-34/h1-31H/i1D,2D,3D,4D,5D,6D,7D,8D,9D,10D,11D,12D,13D,14D,15D,16D,17D,18D,19D,20D,21D,22D,23D,24D,25D,26D,27D,28D,29D,30D,31D. The minimum absolute atomic E-state index is 0.643. The van der Waals surface area contributed by atoms with Crippen LogP contribution in [0.3, 0.4) is 0 Å². The number of benzene rings is 8. The van der Waals surface area contributed by atoms with Gasteiger partial charge in [-0.25, -0.2) is 4.98 Å². The predicted molar refractivity (Wildman–Crippen MR) is 232 cm³/mol. The average molecular weight is 761 g/mol. The summed E-state index contributed by atoms with van der Waals surface area (Å²) in [6, 6.07) is -30.0. The lowest BCUT2D eigenvalue weighted by Crippen LogP contribution is -2.07. The number of para-hydroxylation sites is 2. The van der Waals surface area contributed by atoms with Crippen molar-refractivity contribution in [3.63, 3.8) is 0 Å². The van der Waals surface area contributed by atoms with Crippen molar-refractivity contribution in [1.82, 2.24) is 24.1 Å². The second-order valence-electron chi connectivity index (χ2n) is 12.1. The molecule has 0 spiro atoms. The second kappa shape index (κ2) is 12.3. The average Bonchev–Trinajstić information content (AvgIpc) is 1.50. The molecule has 0 unspecified atom stereocenters. The topological polar surface area (TPSA) is 61.7 Å². The molecule has 6 nitrogen and oxygen atoms in total. The monoisotopic (exact) mass is 760 g/mol. The maximum absolute atomic E-state index is 9.92. The summed E-state index contributed by atoms with van der Waals surface area (Å²) in [5.74, 6) is -2.83. The first-order valence-electron chi connectivity index (χ1n) is 32.1. The third-order valence-electron chi connectivity index (χ3n) is 9.10. The van der Waals surface area contributed by atoms with Gasteiger partial charge >= 0.3 is 0 Å². The summed E-state index contributed by atoms with van der Waals surface area (Å²) in [6.07, 6.45) is 0. The second-order valence-corrected chi connectivity index (χ2v) is 12.1. The minimum atomic E-state index is -1.08. The van der Waals surface area contributed by atoms with Crippen LogP contribution in [0.1, 0.15) is 42.5 Å². The highest BCUT2D eigenvalue weighted by molar-refractivity contribution is 6.25. The Labute approximate surface area is 370 Å². The Balaban J connectivity index is 1.45. The summed E-state index contributed by atoms with van der Waals surface area (Å²) in [6.45, 7) is 0. The molecular weight excluding hydrogens is 699 g/mol. The molecule has 4 aromatic heterocycles. The molecule has 0 radical (unpaired) electrons. The first-order valence-corrected chi connectivity index (χ1v) is 16.6. The van der Waals surface area contributed by atoms with Crippen LogP contribution in [0.2, 0.25) is 0 Å². The minimum Gasteiger partial charge on any atom is -0.456 e. The van der Waals surface area contributed by atoms with E-state index in [0.29, 0.717) is 0 Å². The van der Waals surface area contributed by atoms with Gasteiger partial charge in [0.1, 0.15) is 11.2 Å². The molecule has 57 heavy (non-hydrogen) atoms. The Bertz CT molecular complexity index is 5190. The molecule has 266 valence electrons. The van der Waals surface area contributed by atoms with Gasteiger partial charge in [-0.1, -0.05) is 157 Å². The van der Waals surface area contributed by atoms with Gasteiger partial charge in [-0.05, 0) is 41.3 Å². The number of nitrogens with zero attached hydrogens (tertiary/aromatic N) is 5. The number of rotatable bonds is 5. The van der Waals surface area contributed by atoms with E-state index in [1.807, 2.05) is 0 Å². The molecule has 0 saturated carbocycles. The van der Waals surface area contributed by atoms with E-state index in [4.69, 9.17) is 33.2 Å². The van der Waals surface area contributed by atoms with Crippen LogP contribution in [0.5, 0.6) is 0 Å². The number of hydrogen-bond donors (Lipinski definition) is 0. The van der Waals surface area contributed by atoms with E-state index in [9.17, 15) is 13.7 Å². The summed E-state index contributed by atoms with van der Waals surface area (Å²) < 4.78 is 288. The molecular formula is C51H31N5O. The molecule has 0 aliphatic heterocycles. The highest BCUT2D eigenvalue weighted by Crippen LogP contribution is 2.45. The van der Waals surface area contributed by atoms with Crippen LogP contribution in [-0.2, 0) is 0 Å². The lowest BCUT2D eigenvalue weighted by atomic mass is 9.99. The van der Waals surface area contributed by atoms with Crippen molar-refractivity contribution in [1.29, 1.82) is 0 Å². The Hall–Kier alpha value is -7.83. The molecule has 0 aliphatic carbocycles. The lowest BCUT2D eigenvalue weighted by molar-refractivity contribution is 0.669. The maximum atomic E-state index is 9.92. The van der Waals surface area contributed by atoms with Gasteiger partial charge in [0, 0.05) is 38.1 Å². The summed E-state index contributed by atoms with van der Waals surface area (Å²) in [5.41, 5.74) is -8.44.